The maximum Gasteiger partial charge on any atom is 0.133 e. The molecule has 0 fully saturated rings. The van der Waals surface area contributed by atoms with Crippen LogP contribution in [0.25, 0.3) is 10.9 Å². The van der Waals surface area contributed by atoms with Crippen LogP contribution in [0.2, 0.25) is 0 Å². The largest absolute Gasteiger partial charge is 0.496 e. The summed E-state index contributed by atoms with van der Waals surface area (Å²) in [5.74, 6) is 0.826. The smallest absolute Gasteiger partial charge is 0.133 e. The normalized spacial score (nSPS) is 10.8. The van der Waals surface area contributed by atoms with Crippen molar-refractivity contribution in [1.29, 1.82) is 0 Å². The molecule has 0 aliphatic carbocycles. The van der Waals surface area contributed by atoms with Gasteiger partial charge in [0.25, 0.3) is 0 Å². The lowest BCUT2D eigenvalue weighted by atomic mass is 10.1. The summed E-state index contributed by atoms with van der Waals surface area (Å²) in [6.07, 6.45) is 1.93. The number of nitrogens with one attached hydrogen (secondary N) is 1. The lowest BCUT2D eigenvalue weighted by Crippen LogP contribution is -1.94. The monoisotopic (exact) mass is 254 g/mol. The molecule has 0 unspecified atom stereocenters. The van der Waals surface area contributed by atoms with E-state index in [2.05, 4.69) is 20.9 Å². The minimum absolute atomic E-state index is 0.533. The van der Waals surface area contributed by atoms with Crippen LogP contribution in [0.1, 0.15) is 5.56 Å². The predicted molar refractivity (Wildman–Crippen MR) is 60.4 cm³/mol. The zero-order valence-corrected chi connectivity index (χ0v) is 9.39. The van der Waals surface area contributed by atoms with Gasteiger partial charge >= 0.3 is 0 Å². The van der Waals surface area contributed by atoms with Gasteiger partial charge in [0.05, 0.1) is 11.6 Å². The van der Waals surface area contributed by atoms with Crippen LogP contribution in [-0.4, -0.2) is 12.1 Å². The molecule has 0 amide bonds. The van der Waals surface area contributed by atoms with E-state index in [1.54, 1.807) is 7.11 Å². The number of rotatable bonds is 2. The second-order valence-corrected chi connectivity index (χ2v) is 3.90. The summed E-state index contributed by atoms with van der Waals surface area (Å²) in [6, 6.07) is 3.98. The second-order valence-electron chi connectivity index (χ2n) is 3.05. The average Bonchev–Trinajstić information content (AvgIpc) is 2.58. The highest BCUT2D eigenvalue weighted by Crippen LogP contribution is 2.31. The Labute approximate surface area is 90.4 Å². The Kier molecular flexibility index (Phi) is 2.48. The Morgan fingerprint density at radius 2 is 2.29 bits per heavy atom. The maximum absolute atomic E-state index is 5.62. The average molecular weight is 255 g/mol. The van der Waals surface area contributed by atoms with Crippen molar-refractivity contribution >= 4 is 26.8 Å². The molecule has 0 saturated heterocycles. The first kappa shape index (κ1) is 9.55. The van der Waals surface area contributed by atoms with Gasteiger partial charge in [-0.05, 0) is 33.6 Å². The van der Waals surface area contributed by atoms with Gasteiger partial charge in [-0.2, -0.15) is 0 Å². The maximum atomic E-state index is 5.62. The van der Waals surface area contributed by atoms with Gasteiger partial charge in [-0.15, -0.1) is 0 Å². The van der Waals surface area contributed by atoms with Crippen molar-refractivity contribution in [2.45, 2.75) is 6.54 Å². The minimum atomic E-state index is 0.533. The summed E-state index contributed by atoms with van der Waals surface area (Å²) < 4.78 is 6.16. The van der Waals surface area contributed by atoms with Gasteiger partial charge in [0.1, 0.15) is 5.75 Å². The van der Waals surface area contributed by atoms with E-state index in [0.717, 1.165) is 26.7 Å². The van der Waals surface area contributed by atoms with E-state index in [1.807, 2.05) is 18.3 Å². The number of aromatic nitrogens is 1. The van der Waals surface area contributed by atoms with E-state index >= 15 is 0 Å². The molecule has 0 bridgehead atoms. The second kappa shape index (κ2) is 3.63. The fraction of sp³-hybridized carbons (Fsp3) is 0.200. The van der Waals surface area contributed by atoms with Gasteiger partial charge in [0, 0.05) is 23.6 Å². The molecule has 0 saturated carbocycles. The number of methoxy groups -OCH3 is 1. The molecule has 74 valence electrons. The van der Waals surface area contributed by atoms with Gasteiger partial charge in [-0.1, -0.05) is 0 Å². The molecule has 3 nitrogen and oxygen atoms in total. The van der Waals surface area contributed by atoms with E-state index in [9.17, 15) is 0 Å². The number of aromatic amines is 1. The Bertz CT molecular complexity index is 464. The van der Waals surface area contributed by atoms with Crippen molar-refractivity contribution in [3.8, 4) is 5.75 Å². The third kappa shape index (κ3) is 1.40. The Hall–Kier alpha value is -1.00. The van der Waals surface area contributed by atoms with Crippen LogP contribution >= 0.6 is 15.9 Å². The molecule has 0 aliphatic rings. The fourth-order valence-corrected chi connectivity index (χ4v) is 2.01. The molecule has 2 aromatic rings. The topological polar surface area (TPSA) is 51.0 Å². The van der Waals surface area contributed by atoms with E-state index < -0.39 is 0 Å². The number of H-pyrrole nitrogens is 1. The highest BCUT2D eigenvalue weighted by Gasteiger charge is 2.07. The third-order valence-corrected chi connectivity index (χ3v) is 2.88. The standard InChI is InChI=1S/C10H11BrN2O/c1-14-10-2-7-6(4-12)5-13-9(7)3-8(10)11/h2-3,5,13H,4,12H2,1H3. The first-order valence-corrected chi connectivity index (χ1v) is 5.09. The van der Waals surface area contributed by atoms with Crippen molar-refractivity contribution in [1.82, 2.24) is 4.98 Å². The number of hydrogen-bond acceptors (Lipinski definition) is 2. The van der Waals surface area contributed by atoms with Crippen LogP contribution in [0.4, 0.5) is 0 Å². The van der Waals surface area contributed by atoms with Crippen molar-refractivity contribution in [2.24, 2.45) is 5.73 Å². The molecule has 14 heavy (non-hydrogen) atoms. The number of fused-ring (bicyclic) bond motifs is 1. The first-order chi connectivity index (χ1) is 6.76. The molecule has 1 aromatic heterocycles. The summed E-state index contributed by atoms with van der Waals surface area (Å²) in [6.45, 7) is 0.533. The SMILES string of the molecule is COc1cc2c(CN)c[nH]c2cc1Br. The van der Waals surface area contributed by atoms with E-state index in [1.165, 1.54) is 0 Å². The van der Waals surface area contributed by atoms with Gasteiger partial charge in [0.15, 0.2) is 0 Å². The Morgan fingerprint density at radius 3 is 2.93 bits per heavy atom. The Balaban J connectivity index is 2.70. The first-order valence-electron chi connectivity index (χ1n) is 4.30. The van der Waals surface area contributed by atoms with Crippen LogP contribution in [0, 0.1) is 0 Å². The molecule has 0 atom stereocenters. The van der Waals surface area contributed by atoms with Gasteiger partial charge in [0.2, 0.25) is 0 Å². The minimum Gasteiger partial charge on any atom is -0.496 e. The molecule has 0 aliphatic heterocycles. The molecule has 3 N–H and O–H groups in total. The molecule has 0 radical (unpaired) electrons. The van der Waals surface area contributed by atoms with Gasteiger partial charge in [-0.25, -0.2) is 0 Å². The third-order valence-electron chi connectivity index (χ3n) is 2.26. The number of benzene rings is 1. The summed E-state index contributed by atoms with van der Waals surface area (Å²) in [5, 5.41) is 1.12. The predicted octanol–water partition coefficient (Wildman–Crippen LogP) is 2.40. The van der Waals surface area contributed by atoms with Gasteiger partial charge in [-0.3, -0.25) is 0 Å². The summed E-state index contributed by atoms with van der Waals surface area (Å²) in [5.41, 5.74) is 7.79. The summed E-state index contributed by atoms with van der Waals surface area (Å²) in [4.78, 5) is 3.17. The molecule has 0 spiro atoms. The lowest BCUT2D eigenvalue weighted by Gasteiger charge is -2.03. The number of halogens is 1. The van der Waals surface area contributed by atoms with Crippen molar-refractivity contribution < 1.29 is 4.74 Å². The van der Waals surface area contributed by atoms with Gasteiger partial charge < -0.3 is 15.5 Å². The number of ether oxygens (including phenoxy) is 1. The highest BCUT2D eigenvalue weighted by molar-refractivity contribution is 9.10. The van der Waals surface area contributed by atoms with Crippen molar-refractivity contribution in [2.75, 3.05) is 7.11 Å². The van der Waals surface area contributed by atoms with Crippen molar-refractivity contribution in [3.05, 3.63) is 28.4 Å². The van der Waals surface area contributed by atoms with Crippen LogP contribution in [0.3, 0.4) is 0 Å². The quantitative estimate of drug-likeness (QED) is 0.865. The van der Waals surface area contributed by atoms with E-state index in [4.69, 9.17) is 10.5 Å². The molecular weight excluding hydrogens is 244 g/mol. The molecule has 2 rings (SSSR count). The summed E-state index contributed by atoms with van der Waals surface area (Å²) in [7, 11) is 1.65. The zero-order chi connectivity index (χ0) is 10.1. The molecule has 1 aromatic carbocycles. The van der Waals surface area contributed by atoms with Crippen LogP contribution < -0.4 is 10.5 Å². The van der Waals surface area contributed by atoms with Crippen molar-refractivity contribution in [3.63, 3.8) is 0 Å². The van der Waals surface area contributed by atoms with Crippen LogP contribution in [-0.2, 0) is 6.54 Å². The van der Waals surface area contributed by atoms with E-state index in [-0.39, 0.29) is 0 Å². The zero-order valence-electron chi connectivity index (χ0n) is 7.80. The summed E-state index contributed by atoms with van der Waals surface area (Å²) >= 11 is 3.43. The highest BCUT2D eigenvalue weighted by atomic mass is 79.9. The fourth-order valence-electron chi connectivity index (χ4n) is 1.51. The van der Waals surface area contributed by atoms with Crippen LogP contribution in [0.5, 0.6) is 5.75 Å². The molecular formula is C10H11BrN2O. The van der Waals surface area contributed by atoms with E-state index in [0.29, 0.717) is 6.54 Å². The van der Waals surface area contributed by atoms with Crippen LogP contribution in [0.15, 0.2) is 22.8 Å². The lowest BCUT2D eigenvalue weighted by molar-refractivity contribution is 0.413. The Morgan fingerprint density at radius 1 is 1.50 bits per heavy atom. The molecule has 1 heterocycles. The number of hydrogen-bond donors (Lipinski definition) is 2. The number of nitrogens with two attached hydrogens (primary N) is 1. The molecule has 4 heteroatoms.